The van der Waals surface area contributed by atoms with Crippen LogP contribution in [0.5, 0.6) is 5.75 Å². The first-order chi connectivity index (χ1) is 8.69. The Morgan fingerprint density at radius 1 is 1.33 bits per heavy atom. The van der Waals surface area contributed by atoms with Gasteiger partial charge in [0.1, 0.15) is 35.6 Å². The van der Waals surface area contributed by atoms with Gasteiger partial charge in [-0.1, -0.05) is 0 Å². The predicted octanol–water partition coefficient (Wildman–Crippen LogP) is 1.65. The van der Waals surface area contributed by atoms with Crippen LogP contribution in [-0.2, 0) is 6.61 Å². The second-order valence-corrected chi connectivity index (χ2v) is 3.44. The smallest absolute Gasteiger partial charge is 0.168 e. The summed E-state index contributed by atoms with van der Waals surface area (Å²) in [4.78, 5) is 7.85. The van der Waals surface area contributed by atoms with E-state index in [9.17, 15) is 4.39 Å². The summed E-state index contributed by atoms with van der Waals surface area (Å²) in [6, 6.07) is 7.46. The van der Waals surface area contributed by atoms with Crippen LogP contribution in [0.25, 0.3) is 0 Å². The summed E-state index contributed by atoms with van der Waals surface area (Å²) in [5, 5.41) is 8.67. The zero-order valence-corrected chi connectivity index (χ0v) is 9.30. The molecule has 5 nitrogen and oxygen atoms in total. The predicted molar refractivity (Wildman–Crippen MR) is 61.9 cm³/mol. The number of benzene rings is 1. The number of ether oxygens (including phenoxy) is 1. The van der Waals surface area contributed by atoms with E-state index in [0.29, 0.717) is 11.6 Å². The number of nitrogen functional groups attached to an aromatic ring is 1. The molecule has 0 bridgehead atoms. The van der Waals surface area contributed by atoms with E-state index in [4.69, 9.17) is 15.7 Å². The molecule has 0 aliphatic rings. The fraction of sp³-hybridized carbons (Fsp3) is 0.0833. The number of rotatable bonds is 3. The third-order valence-corrected chi connectivity index (χ3v) is 2.17. The number of anilines is 1. The summed E-state index contributed by atoms with van der Waals surface area (Å²) in [5.74, 6) is 0.644. The largest absolute Gasteiger partial charge is 0.486 e. The van der Waals surface area contributed by atoms with E-state index in [1.807, 2.05) is 6.07 Å². The first kappa shape index (κ1) is 11.8. The Bertz CT molecular complexity index is 592. The van der Waals surface area contributed by atoms with Crippen molar-refractivity contribution in [3.8, 4) is 11.8 Å². The number of hydrogen-bond donors (Lipinski definition) is 1. The Morgan fingerprint density at radius 3 is 2.67 bits per heavy atom. The third kappa shape index (κ3) is 2.71. The van der Waals surface area contributed by atoms with Crippen LogP contribution in [0.2, 0.25) is 0 Å². The van der Waals surface area contributed by atoms with Gasteiger partial charge in [-0.05, 0) is 24.3 Å². The van der Waals surface area contributed by atoms with E-state index in [-0.39, 0.29) is 23.8 Å². The zero-order valence-electron chi connectivity index (χ0n) is 9.30. The highest BCUT2D eigenvalue weighted by Crippen LogP contribution is 2.13. The van der Waals surface area contributed by atoms with Crippen molar-refractivity contribution in [2.24, 2.45) is 0 Å². The number of nitriles is 1. The second-order valence-electron chi connectivity index (χ2n) is 3.44. The molecule has 1 aromatic carbocycles. The van der Waals surface area contributed by atoms with Crippen molar-refractivity contribution in [2.45, 2.75) is 6.61 Å². The van der Waals surface area contributed by atoms with Crippen molar-refractivity contribution >= 4 is 5.82 Å². The molecule has 0 aliphatic carbocycles. The van der Waals surface area contributed by atoms with Crippen LogP contribution >= 0.6 is 0 Å². The summed E-state index contributed by atoms with van der Waals surface area (Å²) < 4.78 is 18.0. The Morgan fingerprint density at radius 2 is 2.06 bits per heavy atom. The third-order valence-electron chi connectivity index (χ3n) is 2.17. The number of nitrogens with two attached hydrogens (primary N) is 1. The maximum atomic E-state index is 12.7. The lowest BCUT2D eigenvalue weighted by Crippen LogP contribution is -2.05. The molecule has 90 valence electrons. The molecule has 0 saturated carbocycles. The van der Waals surface area contributed by atoms with Crippen LogP contribution in [0.3, 0.4) is 0 Å². The van der Waals surface area contributed by atoms with Crippen molar-refractivity contribution in [3.63, 3.8) is 0 Å². The fourth-order valence-electron chi connectivity index (χ4n) is 1.27. The fourth-order valence-corrected chi connectivity index (χ4v) is 1.27. The Kier molecular flexibility index (Phi) is 3.34. The summed E-state index contributed by atoms with van der Waals surface area (Å²) in [6.07, 6.45) is 1.34. The van der Waals surface area contributed by atoms with Gasteiger partial charge in [-0.25, -0.2) is 14.4 Å². The van der Waals surface area contributed by atoms with Crippen molar-refractivity contribution in [1.82, 2.24) is 9.97 Å². The maximum Gasteiger partial charge on any atom is 0.168 e. The van der Waals surface area contributed by atoms with Gasteiger partial charge in [-0.3, -0.25) is 0 Å². The van der Waals surface area contributed by atoms with E-state index in [1.54, 1.807) is 0 Å². The first-order valence-electron chi connectivity index (χ1n) is 5.09. The van der Waals surface area contributed by atoms with Gasteiger partial charge in [0.25, 0.3) is 0 Å². The van der Waals surface area contributed by atoms with Crippen LogP contribution in [0.15, 0.2) is 30.5 Å². The van der Waals surface area contributed by atoms with Gasteiger partial charge < -0.3 is 10.5 Å². The van der Waals surface area contributed by atoms with E-state index in [0.717, 1.165) is 0 Å². The molecule has 0 fully saturated rings. The van der Waals surface area contributed by atoms with E-state index in [2.05, 4.69) is 9.97 Å². The molecule has 0 atom stereocenters. The monoisotopic (exact) mass is 244 g/mol. The van der Waals surface area contributed by atoms with Crippen molar-refractivity contribution in [1.29, 1.82) is 5.26 Å². The standard InChI is InChI=1S/C12H9FN4O/c13-9-1-3-10(4-2-9)18-7-11-16-6-8(5-14)12(15)17-11/h1-4,6H,7H2,(H2,15,16,17). The number of aromatic nitrogens is 2. The molecule has 1 aromatic heterocycles. The Balaban J connectivity index is 2.04. The molecule has 18 heavy (non-hydrogen) atoms. The second kappa shape index (κ2) is 5.10. The average Bonchev–Trinajstić information content (AvgIpc) is 2.38. The normalized spacial score (nSPS) is 9.78. The van der Waals surface area contributed by atoms with Gasteiger partial charge in [0.15, 0.2) is 5.82 Å². The SMILES string of the molecule is N#Cc1cnc(COc2ccc(F)cc2)nc1N. The van der Waals surface area contributed by atoms with Gasteiger partial charge in [-0.2, -0.15) is 5.26 Å². The van der Waals surface area contributed by atoms with Gasteiger partial charge >= 0.3 is 0 Å². The van der Waals surface area contributed by atoms with Gasteiger partial charge in [0, 0.05) is 0 Å². The molecule has 0 radical (unpaired) electrons. The average molecular weight is 244 g/mol. The number of nitrogens with zero attached hydrogens (tertiary/aromatic N) is 3. The van der Waals surface area contributed by atoms with Crippen LogP contribution in [-0.4, -0.2) is 9.97 Å². The zero-order chi connectivity index (χ0) is 13.0. The van der Waals surface area contributed by atoms with Crippen molar-refractivity contribution < 1.29 is 9.13 Å². The number of halogens is 1. The van der Waals surface area contributed by atoms with Gasteiger partial charge in [0.2, 0.25) is 0 Å². The molecule has 2 rings (SSSR count). The van der Waals surface area contributed by atoms with Crippen LogP contribution in [0, 0.1) is 17.1 Å². The van der Waals surface area contributed by atoms with Crippen LogP contribution in [0.1, 0.15) is 11.4 Å². The highest BCUT2D eigenvalue weighted by atomic mass is 19.1. The van der Waals surface area contributed by atoms with Gasteiger partial charge in [0.05, 0.1) is 6.20 Å². The Labute approximate surface area is 103 Å². The molecule has 0 amide bonds. The molecular weight excluding hydrogens is 235 g/mol. The molecular formula is C12H9FN4O. The Hall–Kier alpha value is -2.68. The molecule has 6 heteroatoms. The highest BCUT2D eigenvalue weighted by Gasteiger charge is 2.04. The van der Waals surface area contributed by atoms with Crippen molar-refractivity contribution in [3.05, 3.63) is 47.7 Å². The molecule has 0 unspecified atom stereocenters. The van der Waals surface area contributed by atoms with Crippen LogP contribution in [0.4, 0.5) is 10.2 Å². The molecule has 1 heterocycles. The lowest BCUT2D eigenvalue weighted by atomic mass is 10.3. The van der Waals surface area contributed by atoms with E-state index < -0.39 is 0 Å². The first-order valence-corrected chi connectivity index (χ1v) is 5.09. The lowest BCUT2D eigenvalue weighted by molar-refractivity contribution is 0.295. The van der Waals surface area contributed by atoms with E-state index >= 15 is 0 Å². The minimum absolute atomic E-state index is 0.0988. The minimum Gasteiger partial charge on any atom is -0.486 e. The summed E-state index contributed by atoms with van der Waals surface area (Å²) in [7, 11) is 0. The molecule has 0 spiro atoms. The van der Waals surface area contributed by atoms with Crippen LogP contribution < -0.4 is 10.5 Å². The van der Waals surface area contributed by atoms with E-state index in [1.165, 1.54) is 30.5 Å². The number of hydrogen-bond acceptors (Lipinski definition) is 5. The topological polar surface area (TPSA) is 84.8 Å². The van der Waals surface area contributed by atoms with Crippen molar-refractivity contribution in [2.75, 3.05) is 5.73 Å². The minimum atomic E-state index is -0.332. The highest BCUT2D eigenvalue weighted by molar-refractivity contribution is 5.46. The molecule has 2 N–H and O–H groups in total. The van der Waals surface area contributed by atoms with Gasteiger partial charge in [-0.15, -0.1) is 0 Å². The lowest BCUT2D eigenvalue weighted by Gasteiger charge is -2.05. The quantitative estimate of drug-likeness (QED) is 0.887. The summed E-state index contributed by atoms with van der Waals surface area (Å²) in [6.45, 7) is 0.0988. The molecule has 2 aromatic rings. The summed E-state index contributed by atoms with van der Waals surface area (Å²) in [5.41, 5.74) is 5.76. The molecule has 0 aliphatic heterocycles. The molecule has 0 saturated heterocycles. The maximum absolute atomic E-state index is 12.7. The summed E-state index contributed by atoms with van der Waals surface area (Å²) >= 11 is 0.